The largest absolute Gasteiger partial charge is 0.491 e. The molecule has 1 aliphatic heterocycles. The Morgan fingerprint density at radius 1 is 1.23 bits per heavy atom. The van der Waals surface area contributed by atoms with Crippen LogP contribution in [0.5, 0.6) is 5.75 Å². The fourth-order valence-electron chi connectivity index (χ4n) is 3.26. The van der Waals surface area contributed by atoms with E-state index < -0.39 is 36.3 Å². The lowest BCUT2D eigenvalue weighted by Crippen LogP contribution is -2.52. The highest BCUT2D eigenvalue weighted by atomic mass is 16.5. The maximum atomic E-state index is 13.0. The molecule has 9 nitrogen and oxygen atoms in total. The van der Waals surface area contributed by atoms with Gasteiger partial charge in [-0.05, 0) is 31.4 Å². The zero-order valence-corrected chi connectivity index (χ0v) is 17.5. The molecule has 2 rings (SSSR count). The van der Waals surface area contributed by atoms with E-state index >= 15 is 0 Å². The van der Waals surface area contributed by atoms with Gasteiger partial charge in [-0.15, -0.1) is 0 Å². The number of aliphatic carboxylic acids is 1. The second kappa shape index (κ2) is 10.6. The quantitative estimate of drug-likeness (QED) is 0.669. The van der Waals surface area contributed by atoms with Crippen molar-refractivity contribution < 1.29 is 29.0 Å². The van der Waals surface area contributed by atoms with Gasteiger partial charge in [-0.3, -0.25) is 14.4 Å². The van der Waals surface area contributed by atoms with Gasteiger partial charge in [-0.25, -0.2) is 4.79 Å². The molecule has 0 saturated carbocycles. The first-order valence-electron chi connectivity index (χ1n) is 10.1. The summed E-state index contributed by atoms with van der Waals surface area (Å²) in [7, 11) is 0. The van der Waals surface area contributed by atoms with E-state index in [-0.39, 0.29) is 36.3 Å². The number of benzene rings is 1. The van der Waals surface area contributed by atoms with Gasteiger partial charge in [0.15, 0.2) is 0 Å². The van der Waals surface area contributed by atoms with Crippen molar-refractivity contribution in [3.8, 4) is 5.75 Å². The number of hydrogen-bond donors (Lipinski definition) is 3. The highest BCUT2D eigenvalue weighted by Gasteiger charge is 2.30. The van der Waals surface area contributed by atoms with Gasteiger partial charge in [0, 0.05) is 6.54 Å². The van der Waals surface area contributed by atoms with Crippen molar-refractivity contribution >= 4 is 23.7 Å². The van der Waals surface area contributed by atoms with Crippen molar-refractivity contribution in [1.82, 2.24) is 15.5 Å². The molecular weight excluding hydrogens is 390 g/mol. The van der Waals surface area contributed by atoms with Gasteiger partial charge in [0.25, 0.3) is 5.91 Å². The topological polar surface area (TPSA) is 125 Å². The lowest BCUT2D eigenvalue weighted by atomic mass is 10.0. The van der Waals surface area contributed by atoms with Crippen LogP contribution < -0.4 is 15.4 Å². The van der Waals surface area contributed by atoms with Crippen LogP contribution in [0, 0.1) is 5.92 Å². The lowest BCUT2D eigenvalue weighted by molar-refractivity contribution is -0.142. The Morgan fingerprint density at radius 3 is 2.57 bits per heavy atom. The SMILES string of the molecule is CCN1CCOc2ccccc2C(=O)N[C@H](C(=O)O)CC(=O)N[C@H](CC(C)C)C1=O. The van der Waals surface area contributed by atoms with E-state index in [0.29, 0.717) is 13.0 Å². The Hall–Kier alpha value is -3.10. The van der Waals surface area contributed by atoms with Crippen LogP contribution in [0.1, 0.15) is 44.0 Å². The van der Waals surface area contributed by atoms with Gasteiger partial charge < -0.3 is 25.4 Å². The number of carboxylic acids is 1. The lowest BCUT2D eigenvalue weighted by Gasteiger charge is -2.29. The Morgan fingerprint density at radius 2 is 1.93 bits per heavy atom. The summed E-state index contributed by atoms with van der Waals surface area (Å²) in [5.74, 6) is -2.43. The Bertz CT molecular complexity index is 795. The molecule has 1 aromatic rings. The molecular formula is C21H29N3O6. The van der Waals surface area contributed by atoms with Crippen molar-refractivity contribution in [3.63, 3.8) is 0 Å². The van der Waals surface area contributed by atoms with Crippen LogP contribution in [0.2, 0.25) is 0 Å². The third-order valence-electron chi connectivity index (χ3n) is 4.78. The monoisotopic (exact) mass is 419 g/mol. The third kappa shape index (κ3) is 6.20. The molecule has 164 valence electrons. The molecule has 0 unspecified atom stereocenters. The molecule has 0 radical (unpaired) electrons. The van der Waals surface area contributed by atoms with E-state index in [1.165, 1.54) is 6.07 Å². The molecule has 2 atom stereocenters. The number of ether oxygens (including phenoxy) is 1. The summed E-state index contributed by atoms with van der Waals surface area (Å²) < 4.78 is 5.73. The molecule has 9 heteroatoms. The average molecular weight is 419 g/mol. The number of nitrogens with one attached hydrogen (secondary N) is 2. The molecule has 0 bridgehead atoms. The number of hydrogen-bond acceptors (Lipinski definition) is 5. The molecule has 1 aliphatic rings. The molecule has 1 aromatic carbocycles. The van der Waals surface area contributed by atoms with Crippen molar-refractivity contribution in [2.45, 2.75) is 45.7 Å². The average Bonchev–Trinajstić information content (AvgIpc) is 2.69. The first-order chi connectivity index (χ1) is 14.2. The predicted molar refractivity (Wildman–Crippen MR) is 109 cm³/mol. The van der Waals surface area contributed by atoms with Gasteiger partial charge in [-0.1, -0.05) is 26.0 Å². The van der Waals surface area contributed by atoms with Crippen LogP contribution in [0.4, 0.5) is 0 Å². The number of amides is 3. The number of likely N-dealkylation sites (N-methyl/N-ethyl adjacent to an activating group) is 1. The minimum atomic E-state index is -1.44. The van der Waals surface area contributed by atoms with Gasteiger partial charge in [0.1, 0.15) is 24.4 Å². The van der Waals surface area contributed by atoms with E-state index in [2.05, 4.69) is 10.6 Å². The Balaban J connectivity index is 2.37. The fourth-order valence-corrected chi connectivity index (χ4v) is 3.26. The number of rotatable bonds is 4. The van der Waals surface area contributed by atoms with Gasteiger partial charge in [-0.2, -0.15) is 0 Å². The van der Waals surface area contributed by atoms with Gasteiger partial charge >= 0.3 is 5.97 Å². The molecule has 3 N–H and O–H groups in total. The van der Waals surface area contributed by atoms with Gasteiger partial charge in [0.05, 0.1) is 18.5 Å². The van der Waals surface area contributed by atoms with E-state index in [0.717, 1.165) is 0 Å². The first kappa shape index (κ1) is 23.2. The highest BCUT2D eigenvalue weighted by Crippen LogP contribution is 2.19. The van der Waals surface area contributed by atoms with Crippen LogP contribution in [-0.4, -0.2) is 65.5 Å². The van der Waals surface area contributed by atoms with Crippen molar-refractivity contribution in [2.75, 3.05) is 19.7 Å². The third-order valence-corrected chi connectivity index (χ3v) is 4.78. The Labute approximate surface area is 175 Å². The maximum Gasteiger partial charge on any atom is 0.326 e. The smallest absolute Gasteiger partial charge is 0.326 e. The highest BCUT2D eigenvalue weighted by molar-refractivity contribution is 6.00. The van der Waals surface area contributed by atoms with Crippen LogP contribution >= 0.6 is 0 Å². The van der Waals surface area contributed by atoms with Crippen LogP contribution in [0.3, 0.4) is 0 Å². The number of carbonyl (C=O) groups is 4. The van der Waals surface area contributed by atoms with E-state index in [1.807, 2.05) is 20.8 Å². The van der Waals surface area contributed by atoms with Crippen molar-refractivity contribution in [2.24, 2.45) is 5.92 Å². The minimum absolute atomic E-state index is 0.134. The second-order valence-corrected chi connectivity index (χ2v) is 7.58. The summed E-state index contributed by atoms with van der Waals surface area (Å²) >= 11 is 0. The zero-order valence-electron chi connectivity index (χ0n) is 17.5. The number of fused-ring (bicyclic) bond motifs is 1. The standard InChI is InChI=1S/C21H29N3O6/c1-4-24-9-10-30-17-8-6-5-7-14(17)19(26)23-16(21(28)29)12-18(25)22-15(20(24)27)11-13(2)3/h5-8,13,15-16H,4,9-12H2,1-3H3,(H,22,25)(H,23,26)(H,28,29)/t15-,16+/m1/s1. The first-order valence-corrected chi connectivity index (χ1v) is 10.1. The predicted octanol–water partition coefficient (Wildman–Crippen LogP) is 1.03. The van der Waals surface area contributed by atoms with Crippen LogP contribution in [0.25, 0.3) is 0 Å². The Kier molecular flexibility index (Phi) is 8.20. The molecule has 0 fully saturated rings. The fraction of sp³-hybridized carbons (Fsp3) is 0.524. The van der Waals surface area contributed by atoms with Crippen LogP contribution in [-0.2, 0) is 14.4 Å². The summed E-state index contributed by atoms with van der Waals surface area (Å²) in [4.78, 5) is 51.4. The molecule has 0 aromatic heterocycles. The van der Waals surface area contributed by atoms with E-state index in [9.17, 15) is 24.3 Å². The zero-order chi connectivity index (χ0) is 22.3. The summed E-state index contributed by atoms with van der Waals surface area (Å²) in [6.45, 7) is 6.55. The summed E-state index contributed by atoms with van der Waals surface area (Å²) in [6.07, 6.45) is -0.0764. The summed E-state index contributed by atoms with van der Waals surface area (Å²) in [5, 5.41) is 14.5. The van der Waals surface area contributed by atoms with Gasteiger partial charge in [0.2, 0.25) is 11.8 Å². The van der Waals surface area contributed by atoms with Crippen molar-refractivity contribution in [3.05, 3.63) is 29.8 Å². The molecule has 1 heterocycles. The molecule has 3 amide bonds. The maximum absolute atomic E-state index is 13.0. The van der Waals surface area contributed by atoms with E-state index in [1.54, 1.807) is 23.1 Å². The molecule has 0 spiro atoms. The molecule has 0 saturated heterocycles. The summed E-state index contributed by atoms with van der Waals surface area (Å²) in [5.41, 5.74) is 0.160. The molecule has 30 heavy (non-hydrogen) atoms. The number of carbonyl (C=O) groups excluding carboxylic acids is 3. The molecule has 0 aliphatic carbocycles. The van der Waals surface area contributed by atoms with E-state index in [4.69, 9.17) is 4.74 Å². The second-order valence-electron chi connectivity index (χ2n) is 7.58. The number of nitrogens with zero attached hydrogens (tertiary/aromatic N) is 1. The normalized spacial score (nSPS) is 21.2. The number of para-hydroxylation sites is 1. The number of carboxylic acid groups (broad SMARTS) is 1. The van der Waals surface area contributed by atoms with Crippen molar-refractivity contribution in [1.29, 1.82) is 0 Å². The minimum Gasteiger partial charge on any atom is -0.491 e. The summed E-state index contributed by atoms with van der Waals surface area (Å²) in [6, 6.07) is 4.22. The van der Waals surface area contributed by atoms with Crippen LogP contribution in [0.15, 0.2) is 24.3 Å².